The Morgan fingerprint density at radius 2 is 1.94 bits per heavy atom. The van der Waals surface area contributed by atoms with Crippen LogP contribution in [-0.4, -0.2) is 24.1 Å². The second kappa shape index (κ2) is 4.48. The fraction of sp³-hybridized carbons (Fsp3) is 0.923. The van der Waals surface area contributed by atoms with Gasteiger partial charge in [-0.1, -0.05) is 19.0 Å². The summed E-state index contributed by atoms with van der Waals surface area (Å²) in [5.41, 5.74) is 6.43. The van der Waals surface area contributed by atoms with Crippen molar-refractivity contribution < 1.29 is 5.21 Å². The highest BCUT2D eigenvalue weighted by Crippen LogP contribution is 2.52. The van der Waals surface area contributed by atoms with Crippen molar-refractivity contribution in [2.45, 2.75) is 46.0 Å². The Balaban J connectivity index is 1.72. The predicted octanol–water partition coefficient (Wildman–Crippen LogP) is 1.93. The molecular weight excluding hydrogens is 214 g/mol. The van der Waals surface area contributed by atoms with E-state index in [-0.39, 0.29) is 5.41 Å². The highest BCUT2D eigenvalue weighted by Gasteiger charge is 2.47. The number of rotatable bonds is 7. The largest absolute Gasteiger partial charge is 0.409 e. The molecule has 0 spiro atoms. The normalized spacial score (nSPS) is 25.0. The summed E-state index contributed by atoms with van der Waals surface area (Å²) in [5, 5.41) is 15.3. The molecule has 2 saturated carbocycles. The molecule has 0 aromatic heterocycles. The minimum Gasteiger partial charge on any atom is -0.409 e. The van der Waals surface area contributed by atoms with Crippen molar-refractivity contribution in [1.29, 1.82) is 0 Å². The van der Waals surface area contributed by atoms with E-state index >= 15 is 0 Å². The van der Waals surface area contributed by atoms with Crippen LogP contribution in [0.3, 0.4) is 0 Å². The zero-order valence-electron chi connectivity index (χ0n) is 11.0. The molecule has 4 heteroatoms. The van der Waals surface area contributed by atoms with Crippen LogP contribution in [0.4, 0.5) is 0 Å². The van der Waals surface area contributed by atoms with E-state index in [2.05, 4.69) is 24.3 Å². The summed E-state index contributed by atoms with van der Waals surface area (Å²) in [4.78, 5) is 0. The molecule has 0 unspecified atom stereocenters. The maximum Gasteiger partial charge on any atom is 0.139 e. The van der Waals surface area contributed by atoms with Gasteiger partial charge in [0.1, 0.15) is 5.84 Å². The fourth-order valence-corrected chi connectivity index (χ4v) is 2.71. The summed E-state index contributed by atoms with van der Waals surface area (Å²) in [5.74, 6) is 1.14. The number of hydrogen-bond donors (Lipinski definition) is 3. The Morgan fingerprint density at radius 1 is 1.29 bits per heavy atom. The molecule has 2 aliphatic rings. The standard InChI is InChI=1S/C13H25N3O/c1-10(2)13(5-6-13)9-15-8-12(3-4-12)7-11(14)16-17/h10,15,17H,3-9H2,1-2H3,(H2,14,16). The van der Waals surface area contributed by atoms with Crippen molar-refractivity contribution >= 4 is 5.84 Å². The molecule has 0 aromatic rings. The average molecular weight is 239 g/mol. The van der Waals surface area contributed by atoms with Crippen LogP contribution in [-0.2, 0) is 0 Å². The van der Waals surface area contributed by atoms with Gasteiger partial charge in [-0.25, -0.2) is 0 Å². The first-order chi connectivity index (χ1) is 8.02. The van der Waals surface area contributed by atoms with Gasteiger partial charge in [0.15, 0.2) is 0 Å². The second-order valence-electron chi connectivity index (χ2n) is 6.39. The van der Waals surface area contributed by atoms with E-state index in [0.717, 1.165) is 25.4 Å². The summed E-state index contributed by atoms with van der Waals surface area (Å²) in [7, 11) is 0. The van der Waals surface area contributed by atoms with Gasteiger partial charge in [-0.3, -0.25) is 0 Å². The van der Waals surface area contributed by atoms with Gasteiger partial charge in [0.2, 0.25) is 0 Å². The lowest BCUT2D eigenvalue weighted by molar-refractivity contribution is 0.309. The average Bonchev–Trinajstić information content (AvgIpc) is 3.16. The van der Waals surface area contributed by atoms with Gasteiger partial charge in [-0.2, -0.15) is 0 Å². The van der Waals surface area contributed by atoms with Gasteiger partial charge < -0.3 is 16.3 Å². The maximum absolute atomic E-state index is 8.61. The van der Waals surface area contributed by atoms with Crippen LogP contribution in [0.25, 0.3) is 0 Å². The van der Waals surface area contributed by atoms with Crippen LogP contribution in [0.1, 0.15) is 46.0 Å². The van der Waals surface area contributed by atoms with Crippen LogP contribution in [0.5, 0.6) is 0 Å². The Kier molecular flexibility index (Phi) is 3.34. The molecule has 0 aromatic carbocycles. The first-order valence-corrected chi connectivity index (χ1v) is 6.69. The van der Waals surface area contributed by atoms with E-state index in [9.17, 15) is 0 Å². The van der Waals surface area contributed by atoms with Gasteiger partial charge >= 0.3 is 0 Å². The van der Waals surface area contributed by atoms with Crippen LogP contribution >= 0.6 is 0 Å². The summed E-state index contributed by atoms with van der Waals surface area (Å²) in [6.45, 7) is 6.77. The summed E-state index contributed by atoms with van der Waals surface area (Å²) < 4.78 is 0. The Morgan fingerprint density at radius 3 is 2.35 bits per heavy atom. The van der Waals surface area contributed by atoms with Gasteiger partial charge in [0.25, 0.3) is 0 Å². The van der Waals surface area contributed by atoms with E-state index in [1.165, 1.54) is 25.7 Å². The molecule has 0 bridgehead atoms. The topological polar surface area (TPSA) is 70.6 Å². The monoisotopic (exact) mass is 239 g/mol. The zero-order chi connectivity index (χ0) is 12.5. The van der Waals surface area contributed by atoms with Gasteiger partial charge in [-0.05, 0) is 42.4 Å². The fourth-order valence-electron chi connectivity index (χ4n) is 2.71. The summed E-state index contributed by atoms with van der Waals surface area (Å²) in [6.07, 6.45) is 5.86. The van der Waals surface area contributed by atoms with Crippen molar-refractivity contribution in [2.24, 2.45) is 27.6 Å². The van der Waals surface area contributed by atoms with E-state index in [1.807, 2.05) is 0 Å². The number of hydrogen-bond acceptors (Lipinski definition) is 3. The molecule has 0 amide bonds. The number of nitrogens with two attached hydrogens (primary N) is 1. The molecule has 4 nitrogen and oxygen atoms in total. The van der Waals surface area contributed by atoms with Crippen molar-refractivity contribution in [3.8, 4) is 0 Å². The van der Waals surface area contributed by atoms with Gasteiger partial charge in [0, 0.05) is 19.5 Å². The van der Waals surface area contributed by atoms with E-state index in [0.29, 0.717) is 11.3 Å². The third kappa shape index (κ3) is 2.92. The summed E-state index contributed by atoms with van der Waals surface area (Å²) >= 11 is 0. The molecule has 0 atom stereocenters. The molecule has 0 aliphatic heterocycles. The minimum absolute atomic E-state index is 0.281. The van der Waals surface area contributed by atoms with Crippen LogP contribution < -0.4 is 11.1 Å². The minimum atomic E-state index is 0.281. The Hall–Kier alpha value is -0.770. The molecule has 2 aliphatic carbocycles. The van der Waals surface area contributed by atoms with Crippen molar-refractivity contribution in [3.05, 3.63) is 0 Å². The van der Waals surface area contributed by atoms with Crippen molar-refractivity contribution in [3.63, 3.8) is 0 Å². The van der Waals surface area contributed by atoms with E-state index < -0.39 is 0 Å². The molecule has 4 N–H and O–H groups in total. The predicted molar refractivity (Wildman–Crippen MR) is 69.1 cm³/mol. The maximum atomic E-state index is 8.61. The molecular formula is C13H25N3O. The first kappa shape index (κ1) is 12.7. The van der Waals surface area contributed by atoms with Crippen molar-refractivity contribution in [2.75, 3.05) is 13.1 Å². The molecule has 2 rings (SSSR count). The number of amidine groups is 1. The third-order valence-corrected chi connectivity index (χ3v) is 4.74. The molecule has 0 saturated heterocycles. The lowest BCUT2D eigenvalue weighted by atomic mass is 9.92. The smallest absolute Gasteiger partial charge is 0.139 e. The first-order valence-electron chi connectivity index (χ1n) is 6.69. The zero-order valence-corrected chi connectivity index (χ0v) is 11.0. The lowest BCUT2D eigenvalue weighted by Crippen LogP contribution is -2.33. The van der Waals surface area contributed by atoms with E-state index in [4.69, 9.17) is 10.9 Å². The van der Waals surface area contributed by atoms with Gasteiger partial charge in [-0.15, -0.1) is 0 Å². The Bertz CT molecular complexity index is 304. The van der Waals surface area contributed by atoms with Crippen LogP contribution in [0.2, 0.25) is 0 Å². The third-order valence-electron chi connectivity index (χ3n) is 4.74. The number of oxime groups is 1. The SMILES string of the molecule is CC(C)C1(CNCC2(CC(N)=NO)CC2)CC1. The quantitative estimate of drug-likeness (QED) is 0.275. The second-order valence-corrected chi connectivity index (χ2v) is 6.39. The lowest BCUT2D eigenvalue weighted by Gasteiger charge is -2.22. The van der Waals surface area contributed by atoms with E-state index in [1.54, 1.807) is 0 Å². The van der Waals surface area contributed by atoms with Crippen LogP contribution in [0, 0.1) is 16.7 Å². The molecule has 98 valence electrons. The molecule has 0 heterocycles. The van der Waals surface area contributed by atoms with Crippen LogP contribution in [0.15, 0.2) is 5.16 Å². The van der Waals surface area contributed by atoms with Gasteiger partial charge in [0.05, 0.1) is 0 Å². The highest BCUT2D eigenvalue weighted by molar-refractivity contribution is 5.80. The molecule has 17 heavy (non-hydrogen) atoms. The highest BCUT2D eigenvalue weighted by atomic mass is 16.4. The molecule has 2 fully saturated rings. The molecule has 0 radical (unpaired) electrons. The Labute approximate surface area is 104 Å². The summed E-state index contributed by atoms with van der Waals surface area (Å²) in [6, 6.07) is 0. The van der Waals surface area contributed by atoms with Crippen molar-refractivity contribution in [1.82, 2.24) is 5.32 Å². The number of nitrogens with one attached hydrogen (secondary N) is 1. The number of nitrogens with zero attached hydrogens (tertiary/aromatic N) is 1.